The van der Waals surface area contributed by atoms with Crippen LogP contribution in [0.5, 0.6) is 0 Å². The fourth-order valence-electron chi connectivity index (χ4n) is 9.51. The van der Waals surface area contributed by atoms with Gasteiger partial charge in [0.15, 0.2) is 5.60 Å². The van der Waals surface area contributed by atoms with E-state index >= 15 is 0 Å². The first-order chi connectivity index (χ1) is 13.2. The van der Waals surface area contributed by atoms with E-state index in [-0.39, 0.29) is 18.4 Å². The van der Waals surface area contributed by atoms with Gasteiger partial charge in [0.1, 0.15) is 0 Å². The van der Waals surface area contributed by atoms with Gasteiger partial charge in [-0.1, -0.05) is 12.8 Å². The summed E-state index contributed by atoms with van der Waals surface area (Å²) in [6, 6.07) is 0. The van der Waals surface area contributed by atoms with Crippen LogP contribution < -0.4 is 0 Å². The largest absolute Gasteiger partial charge is 0.361 e. The molecular weight excluding hydrogens is 340 g/mol. The molecule has 0 aromatic heterocycles. The van der Waals surface area contributed by atoms with E-state index in [2.05, 4.69) is 0 Å². The number of hydrogen-bond donors (Lipinski definition) is 0. The molecule has 0 N–H and O–H groups in total. The highest BCUT2D eigenvalue weighted by molar-refractivity contribution is 5.92. The SMILES string of the molecule is CCN(CC(=O)N1CCCCCC1)C(=O)C12OC3C4C5CC(C6C5C3C61)C42. The molecule has 5 heteroatoms. The van der Waals surface area contributed by atoms with Crippen molar-refractivity contribution in [3.8, 4) is 0 Å². The maximum absolute atomic E-state index is 13.8. The average molecular weight is 370 g/mol. The number of rotatable bonds is 4. The third-order valence-electron chi connectivity index (χ3n) is 9.99. The molecule has 146 valence electrons. The second kappa shape index (κ2) is 4.90. The van der Waals surface area contributed by atoms with E-state index in [1.54, 1.807) is 0 Å². The molecule has 3 saturated heterocycles. The third kappa shape index (κ3) is 1.51. The van der Waals surface area contributed by atoms with Crippen molar-refractivity contribution >= 4 is 11.8 Å². The monoisotopic (exact) mass is 370 g/mol. The van der Waals surface area contributed by atoms with Gasteiger partial charge in [-0.05, 0) is 61.7 Å². The molecule has 27 heavy (non-hydrogen) atoms. The van der Waals surface area contributed by atoms with Crippen molar-refractivity contribution in [2.45, 2.75) is 50.7 Å². The number of likely N-dealkylation sites (N-methyl/N-ethyl adjacent to an activating group) is 1. The van der Waals surface area contributed by atoms with Crippen LogP contribution in [0.1, 0.15) is 39.0 Å². The Bertz CT molecular complexity index is 721. The first-order valence-corrected chi connectivity index (χ1v) is 11.4. The second-order valence-corrected chi connectivity index (χ2v) is 10.4. The molecule has 3 heterocycles. The summed E-state index contributed by atoms with van der Waals surface area (Å²) in [6.07, 6.45) is 6.37. The lowest BCUT2D eigenvalue weighted by molar-refractivity contribution is -0.160. The van der Waals surface area contributed by atoms with Crippen molar-refractivity contribution in [2.24, 2.45) is 47.3 Å². The smallest absolute Gasteiger partial charge is 0.255 e. The predicted molar refractivity (Wildman–Crippen MR) is 97.4 cm³/mol. The van der Waals surface area contributed by atoms with E-state index in [0.717, 1.165) is 49.6 Å². The van der Waals surface area contributed by atoms with Crippen LogP contribution >= 0.6 is 0 Å². The number of carbonyl (C=O) groups is 2. The predicted octanol–water partition coefficient (Wildman–Crippen LogP) is 1.76. The van der Waals surface area contributed by atoms with Gasteiger partial charge in [0.2, 0.25) is 5.91 Å². The number of carbonyl (C=O) groups excluding carboxylic acids is 2. The van der Waals surface area contributed by atoms with Crippen molar-refractivity contribution < 1.29 is 14.3 Å². The molecule has 0 radical (unpaired) electrons. The van der Waals surface area contributed by atoms with Crippen LogP contribution in [0.2, 0.25) is 0 Å². The van der Waals surface area contributed by atoms with Crippen LogP contribution in [0.25, 0.3) is 0 Å². The Morgan fingerprint density at radius 3 is 2.52 bits per heavy atom. The Morgan fingerprint density at radius 1 is 1.00 bits per heavy atom. The highest BCUT2D eigenvalue weighted by atomic mass is 16.5. The molecule has 10 atom stereocenters. The zero-order chi connectivity index (χ0) is 18.1. The van der Waals surface area contributed by atoms with Gasteiger partial charge in [-0.2, -0.15) is 0 Å². The van der Waals surface area contributed by atoms with Gasteiger partial charge < -0.3 is 14.5 Å². The molecule has 8 fully saturated rings. The summed E-state index contributed by atoms with van der Waals surface area (Å²) >= 11 is 0. The second-order valence-electron chi connectivity index (χ2n) is 10.4. The minimum Gasteiger partial charge on any atom is -0.361 e. The summed E-state index contributed by atoms with van der Waals surface area (Å²) in [7, 11) is 0. The molecule has 4 bridgehead atoms. The molecule has 5 aliphatic carbocycles. The van der Waals surface area contributed by atoms with Gasteiger partial charge in [0.05, 0.1) is 12.6 Å². The zero-order valence-corrected chi connectivity index (χ0v) is 16.2. The minimum atomic E-state index is -0.536. The lowest BCUT2D eigenvalue weighted by Gasteiger charge is -2.46. The highest BCUT2D eigenvalue weighted by Gasteiger charge is 2.94. The quantitative estimate of drug-likeness (QED) is 0.758. The Morgan fingerprint density at radius 2 is 1.78 bits per heavy atom. The molecule has 2 amide bonds. The Labute approximate surface area is 160 Å². The minimum absolute atomic E-state index is 0.141. The number of likely N-dealkylation sites (tertiary alicyclic amines) is 1. The number of ether oxygens (including phenoxy) is 1. The Hall–Kier alpha value is -1.10. The standard InChI is InChI=1S/C22H30N2O3/c1-2-23(10-13(25)24-7-5-3-4-6-8-24)21(26)22-18-12-9-11-14-15(12)19(22)17(14)20(27-22)16(11)18/h11-12,14-20H,2-10H2,1H3. The van der Waals surface area contributed by atoms with Crippen molar-refractivity contribution in [2.75, 3.05) is 26.2 Å². The van der Waals surface area contributed by atoms with E-state index in [1.807, 2.05) is 16.7 Å². The van der Waals surface area contributed by atoms with Crippen molar-refractivity contribution in [3.63, 3.8) is 0 Å². The summed E-state index contributed by atoms with van der Waals surface area (Å²) in [4.78, 5) is 30.6. The van der Waals surface area contributed by atoms with Crippen LogP contribution in [-0.4, -0.2) is 59.5 Å². The van der Waals surface area contributed by atoms with E-state index < -0.39 is 5.60 Å². The number of amides is 2. The molecule has 0 aromatic carbocycles. The Balaban J connectivity index is 1.15. The Kier molecular flexibility index (Phi) is 2.86. The lowest BCUT2D eigenvalue weighted by Crippen LogP contribution is -2.58. The van der Waals surface area contributed by atoms with E-state index in [9.17, 15) is 9.59 Å². The molecule has 8 aliphatic rings. The maximum Gasteiger partial charge on any atom is 0.255 e. The van der Waals surface area contributed by atoms with Gasteiger partial charge in [0.25, 0.3) is 5.91 Å². The van der Waals surface area contributed by atoms with E-state index in [4.69, 9.17) is 4.74 Å². The lowest BCUT2D eigenvalue weighted by atomic mass is 9.57. The fourth-order valence-corrected chi connectivity index (χ4v) is 9.51. The fraction of sp³-hybridized carbons (Fsp3) is 0.909. The molecule has 10 unspecified atom stereocenters. The van der Waals surface area contributed by atoms with Crippen LogP contribution in [0, 0.1) is 47.3 Å². The number of hydrogen-bond acceptors (Lipinski definition) is 3. The molecule has 3 aliphatic heterocycles. The van der Waals surface area contributed by atoms with Gasteiger partial charge in [-0.15, -0.1) is 0 Å². The van der Waals surface area contributed by atoms with Gasteiger partial charge in [0, 0.05) is 31.5 Å². The topological polar surface area (TPSA) is 49.9 Å². The summed E-state index contributed by atoms with van der Waals surface area (Å²) < 4.78 is 6.63. The van der Waals surface area contributed by atoms with Gasteiger partial charge >= 0.3 is 0 Å². The van der Waals surface area contributed by atoms with Crippen LogP contribution in [0.3, 0.4) is 0 Å². The third-order valence-corrected chi connectivity index (χ3v) is 9.99. The van der Waals surface area contributed by atoms with Crippen molar-refractivity contribution in [1.82, 2.24) is 9.80 Å². The molecule has 5 nitrogen and oxygen atoms in total. The van der Waals surface area contributed by atoms with Crippen molar-refractivity contribution in [1.29, 1.82) is 0 Å². The van der Waals surface area contributed by atoms with Crippen molar-refractivity contribution in [3.05, 3.63) is 0 Å². The normalized spacial score (nSPS) is 54.7. The summed E-state index contributed by atoms with van der Waals surface area (Å²) in [5.41, 5.74) is -0.536. The summed E-state index contributed by atoms with van der Waals surface area (Å²) in [5.74, 6) is 5.91. The van der Waals surface area contributed by atoms with E-state index in [1.165, 1.54) is 19.3 Å². The zero-order valence-electron chi connectivity index (χ0n) is 16.2. The molecule has 8 rings (SSSR count). The highest BCUT2D eigenvalue weighted by Crippen LogP contribution is 2.90. The van der Waals surface area contributed by atoms with Gasteiger partial charge in [-0.25, -0.2) is 0 Å². The van der Waals surface area contributed by atoms with Crippen LogP contribution in [0.15, 0.2) is 0 Å². The molecular formula is C22H30N2O3. The number of nitrogens with zero attached hydrogens (tertiary/aromatic N) is 2. The first kappa shape index (κ1) is 15.8. The van der Waals surface area contributed by atoms with Crippen LogP contribution in [-0.2, 0) is 14.3 Å². The van der Waals surface area contributed by atoms with E-state index in [0.29, 0.717) is 36.3 Å². The first-order valence-electron chi connectivity index (χ1n) is 11.4. The molecule has 5 saturated carbocycles. The van der Waals surface area contributed by atoms with Crippen LogP contribution in [0.4, 0.5) is 0 Å². The van der Waals surface area contributed by atoms with Gasteiger partial charge in [-0.3, -0.25) is 9.59 Å². The average Bonchev–Trinajstić information content (AvgIpc) is 3.27. The summed E-state index contributed by atoms with van der Waals surface area (Å²) in [5, 5.41) is 0. The summed E-state index contributed by atoms with van der Waals surface area (Å²) in [6.45, 7) is 4.61. The maximum atomic E-state index is 13.8. The molecule has 0 spiro atoms. The molecule has 0 aromatic rings.